The van der Waals surface area contributed by atoms with Crippen LogP contribution in [0.4, 0.5) is 0 Å². The Morgan fingerprint density at radius 3 is 1.13 bits per heavy atom. The molecule has 0 radical (unpaired) electrons. The van der Waals surface area contributed by atoms with Crippen LogP contribution in [-0.2, 0) is 0 Å². The van der Waals surface area contributed by atoms with Crippen molar-refractivity contribution >= 4 is 126 Å². The van der Waals surface area contributed by atoms with Crippen molar-refractivity contribution < 1.29 is 20.0 Å². The van der Waals surface area contributed by atoms with Crippen molar-refractivity contribution in [2.45, 2.75) is 103 Å². The van der Waals surface area contributed by atoms with Crippen LogP contribution in [0.2, 0.25) is 12.1 Å². The van der Waals surface area contributed by atoms with Gasteiger partial charge < -0.3 is 0 Å². The molecule has 0 nitrogen and oxygen atoms in total. The Labute approximate surface area is 393 Å². The van der Waals surface area contributed by atoms with Gasteiger partial charge in [-0.2, -0.15) is 22.2 Å². The molecule has 0 spiro atoms. The Morgan fingerprint density at radius 2 is 0.833 bits per heavy atom. The normalized spacial score (nSPS) is 10.6. The Bertz CT molecular complexity index is 1790. The van der Waals surface area contributed by atoms with Crippen LogP contribution in [0.1, 0.15) is 111 Å². The molecule has 0 saturated carbocycles. The number of rotatable bonds is 15. The highest BCUT2D eigenvalue weighted by Crippen LogP contribution is 2.42. The van der Waals surface area contributed by atoms with E-state index < -0.39 is 16.2 Å². The Morgan fingerprint density at radius 1 is 0.537 bits per heavy atom. The van der Waals surface area contributed by atoms with Crippen molar-refractivity contribution in [3.63, 3.8) is 0 Å². The zero-order valence-corrected chi connectivity index (χ0v) is 41.5. The Kier molecular flexibility index (Phi) is 29.9. The van der Waals surface area contributed by atoms with E-state index in [0.29, 0.717) is 0 Å². The second-order valence-electron chi connectivity index (χ2n) is 11.8. The Hall–Kier alpha value is -1.87. The maximum absolute atomic E-state index is 4.90. The van der Waals surface area contributed by atoms with E-state index >= 15 is 0 Å². The third-order valence-corrected chi connectivity index (χ3v) is 19.8. The summed E-state index contributed by atoms with van der Waals surface area (Å²) < 4.78 is 2.35. The Balaban J connectivity index is -0.0000000509. The minimum atomic E-state index is -1.49. The number of hydrogen-bond acceptors (Lipinski definition) is 4. The molecule has 4 aromatic rings. The van der Waals surface area contributed by atoms with Crippen LogP contribution in [0.15, 0.2) is 54.7 Å². The minimum absolute atomic E-state index is 0. The van der Waals surface area contributed by atoms with Gasteiger partial charge in [0, 0.05) is 38.7 Å². The van der Waals surface area contributed by atoms with E-state index in [2.05, 4.69) is 139 Å². The van der Waals surface area contributed by atoms with Gasteiger partial charge in [-0.15, -0.1) is 71.0 Å². The van der Waals surface area contributed by atoms with Gasteiger partial charge >= 0.3 is 0 Å². The van der Waals surface area contributed by atoms with Crippen molar-refractivity contribution in [2.75, 3.05) is 0 Å². The highest BCUT2D eigenvalue weighted by molar-refractivity contribution is 9.11. The summed E-state index contributed by atoms with van der Waals surface area (Å²) in [7, 11) is -2.12. The summed E-state index contributed by atoms with van der Waals surface area (Å²) in [5.41, 5.74) is 0. The molecule has 0 atom stereocenters. The molecule has 0 aromatic carbocycles. The molecule has 312 valence electrons. The van der Waals surface area contributed by atoms with Gasteiger partial charge in [0.2, 0.25) is 8.14 Å². The summed E-state index contributed by atoms with van der Waals surface area (Å²) >= 11 is 24.4. The maximum Gasteiger partial charge on any atom is 0.222 e. The quantitative estimate of drug-likeness (QED) is 0.0482. The van der Waals surface area contributed by atoms with Crippen LogP contribution in [0, 0.1) is 73.1 Å². The molecule has 0 saturated heterocycles. The standard InChI is InChI=1S/C24H38S2Si.C8H4Br2S2.2C6H2.Cl2H2Si.14H2/c1-3-5-7-9-11-13-19-27(20-14-12-10-8-6-4-2)21-15-17-25-23(21)24-22(27)16-18-26-24;9-5-1-3-11-7(5)8-6(10)2-4-12-8;2*1-3-5-6-4-2;1-3-2;;;;;;;;;;;;;;/h15-18H,3-14,19-20H2,1-2H3;1-4H;2*1-2H;3H2;14*1H. The smallest absolute Gasteiger partial charge is 0.155 e. The monoisotopic (exact) mass is 1020 g/mol. The molecular weight excluding hydrogens is 944 g/mol. The number of halogens is 4. The number of terminal acetylenes is 4. The molecule has 0 fully saturated rings. The highest BCUT2D eigenvalue weighted by atomic mass is 79.9. The first-order chi connectivity index (χ1) is 26.4. The fourth-order valence-electron chi connectivity index (χ4n) is 6.00. The summed E-state index contributed by atoms with van der Waals surface area (Å²) in [6.07, 6.45) is 35.9. The van der Waals surface area contributed by atoms with Crippen molar-refractivity contribution in [3.05, 3.63) is 54.7 Å². The van der Waals surface area contributed by atoms with Crippen molar-refractivity contribution in [2.24, 2.45) is 0 Å². The largest absolute Gasteiger partial charge is 0.222 e. The first kappa shape index (κ1) is 50.2. The van der Waals surface area contributed by atoms with Crippen LogP contribution < -0.4 is 10.4 Å². The zero-order chi connectivity index (χ0) is 39.9. The third kappa shape index (κ3) is 17.9. The maximum atomic E-state index is 4.90. The molecule has 10 heteroatoms. The van der Waals surface area contributed by atoms with E-state index in [9.17, 15) is 0 Å². The lowest BCUT2D eigenvalue weighted by atomic mass is 10.1. The molecule has 0 N–H and O–H groups in total. The highest BCUT2D eigenvalue weighted by Gasteiger charge is 2.45. The van der Waals surface area contributed by atoms with Gasteiger partial charge in [-0.25, -0.2) is 0 Å². The number of thiophene rings is 4. The molecule has 0 amide bonds. The first-order valence-electron chi connectivity index (χ1n) is 17.9. The predicted octanol–water partition coefficient (Wildman–Crippen LogP) is 17.5. The SMILES string of the molecule is Brc1ccsc1-c1sccc1Br.C#CC#CC#C.C#CC#CC#C.CCCCCCCC[Si]1(CCCCCCCC)c2ccsc2-c2sccc21.Cl[SiH2]Cl.[HH].[HH].[HH].[HH].[HH].[HH].[HH].[HH].[HH].[HH].[HH].[HH].[HH].[HH]. The minimum Gasteiger partial charge on any atom is -0.155 e. The van der Waals surface area contributed by atoms with Crippen LogP contribution in [0.25, 0.3) is 19.5 Å². The molecule has 5 rings (SSSR count). The fourth-order valence-corrected chi connectivity index (χ4v) is 18.6. The van der Waals surface area contributed by atoms with Crippen LogP contribution in [-0.4, -0.2) is 16.2 Å². The van der Waals surface area contributed by atoms with Crippen LogP contribution in [0.3, 0.4) is 0 Å². The topological polar surface area (TPSA) is 0 Å². The molecule has 0 aliphatic carbocycles. The molecule has 0 unspecified atom stereocenters. The van der Waals surface area contributed by atoms with E-state index in [0.717, 1.165) is 0 Å². The average Bonchev–Trinajstić information content (AvgIpc) is 4.02. The lowest BCUT2D eigenvalue weighted by molar-refractivity contribution is 0.616. The fraction of sp³-hybridized carbons (Fsp3) is 0.364. The second kappa shape index (κ2) is 32.2. The van der Waals surface area contributed by atoms with Crippen LogP contribution in [0.5, 0.6) is 0 Å². The van der Waals surface area contributed by atoms with E-state index in [4.69, 9.17) is 47.9 Å². The third-order valence-electron chi connectivity index (χ3n) is 8.34. The van der Waals surface area contributed by atoms with Gasteiger partial charge in [-0.05, 0) is 135 Å². The molecule has 4 aromatic heterocycles. The number of unbranched alkanes of at least 4 members (excludes halogenated alkanes) is 10. The molecule has 5 heterocycles. The van der Waals surface area contributed by atoms with Crippen molar-refractivity contribution in [1.29, 1.82) is 0 Å². The lowest BCUT2D eigenvalue weighted by Gasteiger charge is -2.29. The van der Waals surface area contributed by atoms with Crippen molar-refractivity contribution in [1.82, 2.24) is 0 Å². The summed E-state index contributed by atoms with van der Waals surface area (Å²) in [4.78, 5) is 5.92. The number of fused-ring (bicyclic) bond motifs is 3. The summed E-state index contributed by atoms with van der Waals surface area (Å²) in [6.45, 7) is 4.63. The van der Waals surface area contributed by atoms with E-state index in [1.54, 1.807) is 32.4 Å². The van der Waals surface area contributed by atoms with Gasteiger partial charge in [-0.1, -0.05) is 103 Å². The number of hydrogen-bond donors (Lipinski definition) is 0. The second-order valence-corrected chi connectivity index (χ2v) is 24.1. The summed E-state index contributed by atoms with van der Waals surface area (Å²) in [6, 6.07) is 12.2. The summed E-state index contributed by atoms with van der Waals surface area (Å²) in [5.74, 6) is 17.2. The molecule has 1 aliphatic rings. The van der Waals surface area contributed by atoms with E-state index in [1.165, 1.54) is 108 Å². The van der Waals surface area contributed by atoms with Gasteiger partial charge in [0.25, 0.3) is 0 Å². The molecule has 0 bridgehead atoms. The van der Waals surface area contributed by atoms with E-state index in [1.807, 2.05) is 33.0 Å². The lowest BCUT2D eigenvalue weighted by Crippen LogP contribution is -2.54. The predicted molar refractivity (Wildman–Crippen MR) is 293 cm³/mol. The van der Waals surface area contributed by atoms with Gasteiger partial charge in [0.1, 0.15) is 8.07 Å². The molecule has 54 heavy (non-hydrogen) atoms. The molecular formula is C44H76Br2Cl2S4Si2. The van der Waals surface area contributed by atoms with E-state index in [-0.39, 0.29) is 20.0 Å². The summed E-state index contributed by atoms with van der Waals surface area (Å²) in [5, 5.41) is 12.6. The van der Waals surface area contributed by atoms with Gasteiger partial charge in [0.15, 0.2) is 0 Å². The van der Waals surface area contributed by atoms with Gasteiger partial charge in [0.05, 0.1) is 9.75 Å². The molecule has 1 aliphatic heterocycles. The first-order valence-corrected chi connectivity index (χ1v) is 29.7. The van der Waals surface area contributed by atoms with Crippen LogP contribution >= 0.6 is 99.4 Å². The average molecular weight is 1020 g/mol. The van der Waals surface area contributed by atoms with Crippen molar-refractivity contribution in [3.8, 4) is 92.6 Å². The zero-order valence-electron chi connectivity index (χ0n) is 31.2. The van der Waals surface area contributed by atoms with Gasteiger partial charge in [-0.3, -0.25) is 0 Å².